The summed E-state index contributed by atoms with van der Waals surface area (Å²) in [5.74, 6) is 0.973. The van der Waals surface area contributed by atoms with Gasteiger partial charge in [0.1, 0.15) is 5.75 Å². The van der Waals surface area contributed by atoms with Gasteiger partial charge in [-0.3, -0.25) is 0 Å². The highest BCUT2D eigenvalue weighted by Gasteiger charge is 2.12. The first-order valence-corrected chi connectivity index (χ1v) is 7.40. The van der Waals surface area contributed by atoms with E-state index in [4.69, 9.17) is 4.74 Å². The molecule has 0 amide bonds. The van der Waals surface area contributed by atoms with Gasteiger partial charge in [-0.25, -0.2) is 0 Å². The van der Waals surface area contributed by atoms with E-state index in [2.05, 4.69) is 29.3 Å². The predicted octanol–water partition coefficient (Wildman–Crippen LogP) is 2.83. The van der Waals surface area contributed by atoms with Crippen molar-refractivity contribution < 1.29 is 4.74 Å². The first-order chi connectivity index (χ1) is 9.31. The van der Waals surface area contributed by atoms with Crippen molar-refractivity contribution in [1.82, 2.24) is 10.2 Å². The van der Waals surface area contributed by atoms with Crippen molar-refractivity contribution in [2.75, 3.05) is 33.3 Å². The van der Waals surface area contributed by atoms with E-state index in [1.807, 2.05) is 12.1 Å². The van der Waals surface area contributed by atoms with Crippen LogP contribution >= 0.6 is 0 Å². The van der Waals surface area contributed by atoms with Crippen LogP contribution in [0.2, 0.25) is 0 Å². The number of ether oxygens (including phenoxy) is 1. The van der Waals surface area contributed by atoms with Gasteiger partial charge in [-0.05, 0) is 38.9 Å². The van der Waals surface area contributed by atoms with Crippen LogP contribution in [0.3, 0.4) is 0 Å². The topological polar surface area (TPSA) is 24.5 Å². The minimum atomic E-state index is 0.334. The number of likely N-dealkylation sites (tertiary alicyclic amines) is 1. The second-order valence-electron chi connectivity index (χ2n) is 5.32. The minimum Gasteiger partial charge on any atom is -0.496 e. The van der Waals surface area contributed by atoms with E-state index in [-0.39, 0.29) is 0 Å². The molecule has 0 bridgehead atoms. The summed E-state index contributed by atoms with van der Waals surface area (Å²) < 4.78 is 5.41. The van der Waals surface area contributed by atoms with Gasteiger partial charge in [-0.15, -0.1) is 0 Å². The SMILES string of the molecule is COc1ccccc1C(C)NCCN1CCCCC1. The summed E-state index contributed by atoms with van der Waals surface area (Å²) >= 11 is 0. The summed E-state index contributed by atoms with van der Waals surface area (Å²) in [4.78, 5) is 2.56. The van der Waals surface area contributed by atoms with Gasteiger partial charge in [0, 0.05) is 24.7 Å². The van der Waals surface area contributed by atoms with Crippen LogP contribution in [0, 0.1) is 0 Å². The number of piperidine rings is 1. The van der Waals surface area contributed by atoms with Crippen LogP contribution in [0.25, 0.3) is 0 Å². The standard InChI is InChI=1S/C16H26N2O/c1-14(15-8-4-5-9-16(15)19-2)17-10-13-18-11-6-3-7-12-18/h4-5,8-9,14,17H,3,6-7,10-13H2,1-2H3. The Morgan fingerprint density at radius 2 is 1.95 bits per heavy atom. The van der Waals surface area contributed by atoms with Crippen LogP contribution in [0.4, 0.5) is 0 Å². The van der Waals surface area contributed by atoms with Crippen LogP contribution in [0.1, 0.15) is 37.8 Å². The number of hydrogen-bond donors (Lipinski definition) is 1. The van der Waals surface area contributed by atoms with E-state index in [1.165, 1.54) is 37.9 Å². The van der Waals surface area contributed by atoms with Crippen LogP contribution < -0.4 is 10.1 Å². The Kier molecular flexibility index (Phi) is 5.67. The number of nitrogens with one attached hydrogen (secondary N) is 1. The average molecular weight is 262 g/mol. The molecule has 0 aliphatic carbocycles. The molecular formula is C16H26N2O. The molecule has 1 aromatic carbocycles. The van der Waals surface area contributed by atoms with E-state index in [0.29, 0.717) is 6.04 Å². The predicted molar refractivity (Wildman–Crippen MR) is 79.7 cm³/mol. The Hall–Kier alpha value is -1.06. The number of benzene rings is 1. The monoisotopic (exact) mass is 262 g/mol. The maximum Gasteiger partial charge on any atom is 0.123 e. The quantitative estimate of drug-likeness (QED) is 0.853. The lowest BCUT2D eigenvalue weighted by molar-refractivity contribution is 0.226. The van der Waals surface area contributed by atoms with Crippen LogP contribution in [-0.4, -0.2) is 38.2 Å². The number of nitrogens with zero attached hydrogens (tertiary/aromatic N) is 1. The summed E-state index contributed by atoms with van der Waals surface area (Å²) in [5, 5.41) is 3.60. The Balaban J connectivity index is 1.78. The second kappa shape index (κ2) is 7.51. The molecule has 1 unspecified atom stereocenters. The lowest BCUT2D eigenvalue weighted by atomic mass is 10.1. The molecule has 1 fully saturated rings. The fourth-order valence-corrected chi connectivity index (χ4v) is 2.76. The smallest absolute Gasteiger partial charge is 0.123 e. The molecule has 3 nitrogen and oxygen atoms in total. The van der Waals surface area contributed by atoms with Crippen molar-refractivity contribution in [2.24, 2.45) is 0 Å². The molecule has 0 saturated carbocycles. The highest BCUT2D eigenvalue weighted by atomic mass is 16.5. The normalized spacial score (nSPS) is 18.2. The van der Waals surface area contributed by atoms with Crippen molar-refractivity contribution in [2.45, 2.75) is 32.2 Å². The largest absolute Gasteiger partial charge is 0.496 e. The fourth-order valence-electron chi connectivity index (χ4n) is 2.76. The number of para-hydroxylation sites is 1. The second-order valence-corrected chi connectivity index (χ2v) is 5.32. The number of hydrogen-bond acceptors (Lipinski definition) is 3. The Morgan fingerprint density at radius 1 is 1.21 bits per heavy atom. The molecule has 1 saturated heterocycles. The zero-order valence-corrected chi connectivity index (χ0v) is 12.2. The maximum atomic E-state index is 5.41. The first kappa shape index (κ1) is 14.4. The lowest BCUT2D eigenvalue weighted by Crippen LogP contribution is -2.36. The molecule has 1 atom stereocenters. The maximum absolute atomic E-state index is 5.41. The number of methoxy groups -OCH3 is 1. The van der Waals surface area contributed by atoms with Gasteiger partial charge in [0.2, 0.25) is 0 Å². The van der Waals surface area contributed by atoms with Crippen molar-refractivity contribution in [3.05, 3.63) is 29.8 Å². The molecule has 106 valence electrons. The zero-order valence-electron chi connectivity index (χ0n) is 12.2. The molecule has 1 aliphatic heterocycles. The minimum absolute atomic E-state index is 0.334. The van der Waals surface area contributed by atoms with Gasteiger partial charge in [0.15, 0.2) is 0 Å². The summed E-state index contributed by atoms with van der Waals surface area (Å²) in [5.41, 5.74) is 1.24. The van der Waals surface area contributed by atoms with Gasteiger partial charge in [-0.1, -0.05) is 24.6 Å². The van der Waals surface area contributed by atoms with Crippen molar-refractivity contribution >= 4 is 0 Å². The summed E-state index contributed by atoms with van der Waals surface area (Å²) in [6.45, 7) is 6.93. The van der Waals surface area contributed by atoms with Gasteiger partial charge in [-0.2, -0.15) is 0 Å². The third kappa shape index (κ3) is 4.22. The molecular weight excluding hydrogens is 236 g/mol. The Morgan fingerprint density at radius 3 is 2.68 bits per heavy atom. The third-order valence-corrected chi connectivity index (χ3v) is 3.93. The van der Waals surface area contributed by atoms with Gasteiger partial charge < -0.3 is 15.0 Å². The Labute approximate surface area is 116 Å². The first-order valence-electron chi connectivity index (χ1n) is 7.40. The molecule has 1 N–H and O–H groups in total. The van der Waals surface area contributed by atoms with E-state index in [0.717, 1.165) is 18.8 Å². The van der Waals surface area contributed by atoms with E-state index < -0.39 is 0 Å². The number of rotatable bonds is 6. The molecule has 0 spiro atoms. The lowest BCUT2D eigenvalue weighted by Gasteiger charge is -2.27. The van der Waals surface area contributed by atoms with Crippen LogP contribution in [0.15, 0.2) is 24.3 Å². The Bertz CT molecular complexity index is 375. The molecule has 1 aliphatic rings. The summed E-state index contributed by atoms with van der Waals surface area (Å²) in [6.07, 6.45) is 4.13. The molecule has 0 aromatic heterocycles. The molecule has 1 aromatic rings. The fraction of sp³-hybridized carbons (Fsp3) is 0.625. The van der Waals surface area contributed by atoms with E-state index in [1.54, 1.807) is 7.11 Å². The highest BCUT2D eigenvalue weighted by molar-refractivity contribution is 5.35. The van der Waals surface area contributed by atoms with Gasteiger partial charge >= 0.3 is 0 Å². The third-order valence-electron chi connectivity index (χ3n) is 3.93. The average Bonchev–Trinajstić information content (AvgIpc) is 2.48. The van der Waals surface area contributed by atoms with Crippen LogP contribution in [0.5, 0.6) is 5.75 Å². The summed E-state index contributed by atoms with van der Waals surface area (Å²) in [6, 6.07) is 8.58. The molecule has 0 radical (unpaired) electrons. The van der Waals surface area contributed by atoms with Crippen LogP contribution in [-0.2, 0) is 0 Å². The molecule has 1 heterocycles. The van der Waals surface area contributed by atoms with Gasteiger partial charge in [0.05, 0.1) is 7.11 Å². The van der Waals surface area contributed by atoms with E-state index >= 15 is 0 Å². The van der Waals surface area contributed by atoms with E-state index in [9.17, 15) is 0 Å². The van der Waals surface area contributed by atoms with Gasteiger partial charge in [0.25, 0.3) is 0 Å². The summed E-state index contributed by atoms with van der Waals surface area (Å²) in [7, 11) is 1.74. The van der Waals surface area contributed by atoms with Crippen molar-refractivity contribution in [1.29, 1.82) is 0 Å². The van der Waals surface area contributed by atoms with Crippen molar-refractivity contribution in [3.8, 4) is 5.75 Å². The highest BCUT2D eigenvalue weighted by Crippen LogP contribution is 2.24. The molecule has 3 heteroatoms. The molecule has 19 heavy (non-hydrogen) atoms. The molecule has 2 rings (SSSR count). The van der Waals surface area contributed by atoms with Crippen molar-refractivity contribution in [3.63, 3.8) is 0 Å². The zero-order chi connectivity index (χ0) is 13.5.